The first-order valence-corrected chi connectivity index (χ1v) is 12.7. The highest BCUT2D eigenvalue weighted by Gasteiger charge is 2.23. The van der Waals surface area contributed by atoms with Gasteiger partial charge in [0.05, 0.1) is 28.5 Å². The molecule has 0 aliphatic rings. The highest BCUT2D eigenvalue weighted by atomic mass is 32.2. The molecule has 0 saturated carbocycles. The molecule has 0 radical (unpaired) electrons. The van der Waals surface area contributed by atoms with E-state index in [-0.39, 0.29) is 23.1 Å². The monoisotopic (exact) mass is 474 g/mol. The Balaban J connectivity index is 2.25. The van der Waals surface area contributed by atoms with Crippen LogP contribution in [0.5, 0.6) is 0 Å². The van der Waals surface area contributed by atoms with Gasteiger partial charge in [0.15, 0.2) is 5.78 Å². The number of Topliss-reactive ketones (excluding diaryl/α,β-unsaturated/α-hetero) is 1. The number of nitrogens with one attached hydrogen (secondary N) is 3. The first kappa shape index (κ1) is 26.3. The van der Waals surface area contributed by atoms with Crippen LogP contribution in [0.3, 0.4) is 0 Å². The maximum Gasteiger partial charge on any atom is 0.243 e. The van der Waals surface area contributed by atoms with Crippen LogP contribution in [0.4, 0.5) is 17.1 Å². The smallest absolute Gasteiger partial charge is 0.243 e. The molecule has 0 aliphatic heterocycles. The molecule has 0 heterocycles. The fraction of sp³-hybridized carbons (Fsp3) is 0.417. The molecule has 0 fully saturated rings. The molecule has 0 aromatic heterocycles. The van der Waals surface area contributed by atoms with E-state index >= 15 is 0 Å². The topological polar surface area (TPSA) is 108 Å². The van der Waals surface area contributed by atoms with Crippen LogP contribution < -0.4 is 16.0 Å². The Labute approximate surface area is 196 Å². The molecule has 0 atom stereocenters. The summed E-state index contributed by atoms with van der Waals surface area (Å²) in [6.45, 7) is 8.50. The number of carbonyl (C=O) groups is 2. The van der Waals surface area contributed by atoms with Crippen molar-refractivity contribution in [2.45, 2.75) is 45.4 Å². The lowest BCUT2D eigenvalue weighted by atomic mass is 10.1. The number of hydrogen-bond acceptors (Lipinski definition) is 6. The van der Waals surface area contributed by atoms with Gasteiger partial charge in [0.1, 0.15) is 0 Å². The van der Waals surface area contributed by atoms with Gasteiger partial charge in [0.2, 0.25) is 15.9 Å². The Kier molecular flexibility index (Phi) is 9.87. The number of para-hydroxylation sites is 1. The van der Waals surface area contributed by atoms with Gasteiger partial charge in [-0.25, -0.2) is 8.42 Å². The van der Waals surface area contributed by atoms with Gasteiger partial charge in [-0.2, -0.15) is 4.31 Å². The number of amides is 1. The van der Waals surface area contributed by atoms with Crippen LogP contribution >= 0.6 is 0 Å². The molecule has 9 heteroatoms. The second-order valence-electron chi connectivity index (χ2n) is 7.58. The Hall–Kier alpha value is -2.91. The van der Waals surface area contributed by atoms with E-state index < -0.39 is 10.0 Å². The standard InChI is InChI=1S/C24H34N4O4S/c1-5-8-15-25-22-14-13-19(33(31,32)28(6-2)7-3)16-23(22)26-17-24(30)27-21-12-10-9-11-20(21)18(4)29/h9-14,16,25-26H,5-8,15,17H2,1-4H3,(H,27,30). The Morgan fingerprint density at radius 3 is 2.24 bits per heavy atom. The van der Waals surface area contributed by atoms with Crippen molar-refractivity contribution in [3.63, 3.8) is 0 Å². The van der Waals surface area contributed by atoms with E-state index in [1.54, 1.807) is 56.3 Å². The zero-order valence-corrected chi connectivity index (χ0v) is 20.6. The normalized spacial score (nSPS) is 11.3. The maximum absolute atomic E-state index is 13.0. The zero-order chi connectivity index (χ0) is 24.4. The number of ketones is 1. The maximum atomic E-state index is 13.0. The molecule has 2 aromatic carbocycles. The third kappa shape index (κ3) is 7.03. The molecule has 0 aliphatic carbocycles. The zero-order valence-electron chi connectivity index (χ0n) is 19.8. The second kappa shape index (κ2) is 12.4. The minimum absolute atomic E-state index is 0.0938. The number of rotatable bonds is 13. The summed E-state index contributed by atoms with van der Waals surface area (Å²) in [5.41, 5.74) is 2.12. The molecule has 0 saturated heterocycles. The fourth-order valence-electron chi connectivity index (χ4n) is 3.37. The Morgan fingerprint density at radius 2 is 1.61 bits per heavy atom. The van der Waals surface area contributed by atoms with E-state index in [4.69, 9.17) is 0 Å². The molecule has 33 heavy (non-hydrogen) atoms. The van der Waals surface area contributed by atoms with Crippen molar-refractivity contribution >= 4 is 38.8 Å². The summed E-state index contributed by atoms with van der Waals surface area (Å²) < 4.78 is 27.3. The minimum Gasteiger partial charge on any atom is -0.383 e. The number of unbranched alkanes of at least 4 members (excludes halogenated alkanes) is 1. The molecule has 2 aromatic rings. The van der Waals surface area contributed by atoms with Crippen LogP contribution in [-0.4, -0.2) is 50.6 Å². The third-order valence-electron chi connectivity index (χ3n) is 5.20. The van der Waals surface area contributed by atoms with Gasteiger partial charge >= 0.3 is 0 Å². The quantitative estimate of drug-likeness (QED) is 0.297. The highest BCUT2D eigenvalue weighted by molar-refractivity contribution is 7.89. The number of hydrogen-bond donors (Lipinski definition) is 3. The van der Waals surface area contributed by atoms with E-state index in [2.05, 4.69) is 22.9 Å². The number of anilines is 3. The van der Waals surface area contributed by atoms with Crippen molar-refractivity contribution in [2.24, 2.45) is 0 Å². The van der Waals surface area contributed by atoms with Crippen molar-refractivity contribution in [3.8, 4) is 0 Å². The Bertz CT molecular complexity index is 1070. The second-order valence-corrected chi connectivity index (χ2v) is 9.52. The molecule has 3 N–H and O–H groups in total. The molecule has 180 valence electrons. The minimum atomic E-state index is -3.64. The number of sulfonamides is 1. The van der Waals surface area contributed by atoms with Crippen molar-refractivity contribution in [1.82, 2.24) is 4.31 Å². The molecule has 2 rings (SSSR count). The lowest BCUT2D eigenvalue weighted by molar-refractivity contribution is -0.114. The van der Waals surface area contributed by atoms with Crippen LogP contribution in [0, 0.1) is 0 Å². The van der Waals surface area contributed by atoms with E-state index in [0.717, 1.165) is 25.1 Å². The summed E-state index contributed by atoms with van der Waals surface area (Å²) in [6, 6.07) is 11.7. The summed E-state index contributed by atoms with van der Waals surface area (Å²) in [5, 5.41) is 9.10. The van der Waals surface area contributed by atoms with Gasteiger partial charge < -0.3 is 16.0 Å². The van der Waals surface area contributed by atoms with Gasteiger partial charge in [0, 0.05) is 25.2 Å². The predicted octanol–water partition coefficient (Wildman–Crippen LogP) is 4.18. The SMILES string of the molecule is CCCCNc1ccc(S(=O)(=O)N(CC)CC)cc1NCC(=O)Nc1ccccc1C(C)=O. The van der Waals surface area contributed by atoms with E-state index in [9.17, 15) is 18.0 Å². The van der Waals surface area contributed by atoms with Crippen molar-refractivity contribution in [2.75, 3.05) is 42.1 Å². The van der Waals surface area contributed by atoms with Gasteiger partial charge in [-0.3, -0.25) is 9.59 Å². The molecule has 0 spiro atoms. The van der Waals surface area contributed by atoms with Crippen LogP contribution in [0.15, 0.2) is 47.4 Å². The lowest BCUT2D eigenvalue weighted by Gasteiger charge is -2.20. The third-order valence-corrected chi connectivity index (χ3v) is 7.25. The molecule has 0 unspecified atom stereocenters. The summed E-state index contributed by atoms with van der Waals surface area (Å²) >= 11 is 0. The molecule has 8 nitrogen and oxygen atoms in total. The van der Waals surface area contributed by atoms with Crippen LogP contribution in [-0.2, 0) is 14.8 Å². The van der Waals surface area contributed by atoms with E-state index in [1.165, 1.54) is 11.2 Å². The first-order valence-electron chi connectivity index (χ1n) is 11.3. The van der Waals surface area contributed by atoms with Gasteiger partial charge in [0.25, 0.3) is 0 Å². The van der Waals surface area contributed by atoms with Crippen LogP contribution in [0.25, 0.3) is 0 Å². The van der Waals surface area contributed by atoms with Gasteiger partial charge in [-0.15, -0.1) is 0 Å². The number of carbonyl (C=O) groups excluding carboxylic acids is 2. The van der Waals surface area contributed by atoms with Gasteiger partial charge in [-0.05, 0) is 43.7 Å². The predicted molar refractivity (Wildman–Crippen MR) is 134 cm³/mol. The van der Waals surface area contributed by atoms with E-state index in [0.29, 0.717) is 30.0 Å². The lowest BCUT2D eigenvalue weighted by Crippen LogP contribution is -2.30. The molecule has 0 bridgehead atoms. The largest absolute Gasteiger partial charge is 0.383 e. The summed E-state index contributed by atoms with van der Waals surface area (Å²) in [7, 11) is -3.64. The fourth-order valence-corrected chi connectivity index (χ4v) is 4.85. The first-order chi connectivity index (χ1) is 15.7. The summed E-state index contributed by atoms with van der Waals surface area (Å²) in [5.74, 6) is -0.490. The van der Waals surface area contributed by atoms with Gasteiger partial charge in [-0.1, -0.05) is 39.3 Å². The van der Waals surface area contributed by atoms with Crippen molar-refractivity contribution < 1.29 is 18.0 Å². The number of benzene rings is 2. The van der Waals surface area contributed by atoms with E-state index in [1.807, 2.05) is 0 Å². The Morgan fingerprint density at radius 1 is 0.909 bits per heavy atom. The van der Waals surface area contributed by atoms with Crippen molar-refractivity contribution in [3.05, 3.63) is 48.0 Å². The average molecular weight is 475 g/mol. The summed E-state index contributed by atoms with van der Waals surface area (Å²) in [4.78, 5) is 24.5. The highest BCUT2D eigenvalue weighted by Crippen LogP contribution is 2.27. The molecular formula is C24H34N4O4S. The van der Waals surface area contributed by atoms with Crippen LogP contribution in [0.2, 0.25) is 0 Å². The summed E-state index contributed by atoms with van der Waals surface area (Å²) in [6.07, 6.45) is 1.98. The van der Waals surface area contributed by atoms with Crippen molar-refractivity contribution in [1.29, 1.82) is 0 Å². The van der Waals surface area contributed by atoms with Crippen LogP contribution in [0.1, 0.15) is 50.9 Å². The molecular weight excluding hydrogens is 440 g/mol. The number of nitrogens with zero attached hydrogens (tertiary/aromatic N) is 1. The average Bonchev–Trinajstić information content (AvgIpc) is 2.79. The molecule has 1 amide bonds.